The minimum atomic E-state index is -0.844. The van der Waals surface area contributed by atoms with E-state index in [2.05, 4.69) is 5.32 Å². The number of nitrogens with two attached hydrogens (primary N) is 1. The van der Waals surface area contributed by atoms with E-state index in [1.165, 1.54) is 0 Å². The smallest absolute Gasteiger partial charge is 0.237 e. The van der Waals surface area contributed by atoms with Crippen molar-refractivity contribution in [2.75, 3.05) is 19.6 Å². The average molecular weight is 243 g/mol. The summed E-state index contributed by atoms with van der Waals surface area (Å²) in [7, 11) is 0. The summed E-state index contributed by atoms with van der Waals surface area (Å²) in [5.41, 5.74) is 4.53. The van der Waals surface area contributed by atoms with Crippen molar-refractivity contribution in [1.29, 1.82) is 0 Å². The number of likely N-dealkylation sites (N-methyl/N-ethyl adjacent to an activating group) is 1. The van der Waals surface area contributed by atoms with E-state index in [4.69, 9.17) is 5.73 Å². The Morgan fingerprint density at radius 1 is 1.29 bits per heavy atom. The maximum absolute atomic E-state index is 11.8. The number of hydrogen-bond acceptors (Lipinski definition) is 3. The maximum atomic E-state index is 11.8. The van der Waals surface area contributed by atoms with Crippen LogP contribution in [0.5, 0.6) is 0 Å². The summed E-state index contributed by atoms with van der Waals surface area (Å²) < 4.78 is 0. The van der Waals surface area contributed by atoms with Gasteiger partial charge in [0.05, 0.1) is 12.1 Å². The highest BCUT2D eigenvalue weighted by Crippen LogP contribution is 2.15. The van der Waals surface area contributed by atoms with Gasteiger partial charge < -0.3 is 10.6 Å². The van der Waals surface area contributed by atoms with Crippen LogP contribution in [-0.4, -0.2) is 41.9 Å². The molecular formula is C12H25N3O2. The molecule has 2 amide bonds. The molecule has 0 spiro atoms. The first kappa shape index (κ1) is 15.9. The normalized spacial score (nSPS) is 14.5. The molecular weight excluding hydrogens is 218 g/mol. The second kappa shape index (κ2) is 6.59. The first-order valence-electron chi connectivity index (χ1n) is 6.12. The lowest BCUT2D eigenvalue weighted by molar-refractivity contribution is -0.131. The van der Waals surface area contributed by atoms with E-state index in [0.717, 1.165) is 0 Å². The maximum Gasteiger partial charge on any atom is 0.237 e. The average Bonchev–Trinajstić information content (AvgIpc) is 2.26. The summed E-state index contributed by atoms with van der Waals surface area (Å²) in [6.45, 7) is 10.9. The van der Waals surface area contributed by atoms with Crippen molar-refractivity contribution >= 4 is 11.8 Å². The molecule has 3 N–H and O–H groups in total. The number of carbonyl (C=O) groups excluding carboxylic acids is 2. The Hall–Kier alpha value is -1.10. The molecule has 0 fully saturated rings. The fourth-order valence-corrected chi connectivity index (χ4v) is 1.52. The minimum absolute atomic E-state index is 0.0110. The first-order chi connectivity index (χ1) is 7.79. The van der Waals surface area contributed by atoms with Gasteiger partial charge in [0.25, 0.3) is 0 Å². The molecule has 0 aliphatic carbocycles. The lowest BCUT2D eigenvalue weighted by Gasteiger charge is -2.32. The number of primary amides is 1. The Bertz CT molecular complexity index is 275. The molecule has 0 aromatic carbocycles. The predicted molar refractivity (Wildman–Crippen MR) is 68.4 cm³/mol. The van der Waals surface area contributed by atoms with Crippen LogP contribution < -0.4 is 11.1 Å². The van der Waals surface area contributed by atoms with Gasteiger partial charge in [-0.15, -0.1) is 0 Å². The number of hydrogen-bond donors (Lipinski definition) is 2. The second-order valence-electron chi connectivity index (χ2n) is 4.64. The third-order valence-electron chi connectivity index (χ3n) is 3.39. The Morgan fingerprint density at radius 3 is 2.06 bits per heavy atom. The molecule has 1 atom stereocenters. The van der Waals surface area contributed by atoms with Crippen molar-refractivity contribution in [3.05, 3.63) is 0 Å². The first-order valence-corrected chi connectivity index (χ1v) is 6.12. The van der Waals surface area contributed by atoms with Crippen molar-refractivity contribution in [3.8, 4) is 0 Å². The summed E-state index contributed by atoms with van der Waals surface area (Å²) >= 11 is 0. The molecule has 5 nitrogen and oxygen atoms in total. The molecule has 0 rings (SSSR count). The highest BCUT2D eigenvalue weighted by Gasteiger charge is 2.34. The van der Waals surface area contributed by atoms with Gasteiger partial charge in [0.15, 0.2) is 0 Å². The van der Waals surface area contributed by atoms with E-state index >= 15 is 0 Å². The van der Waals surface area contributed by atoms with Gasteiger partial charge in [-0.25, -0.2) is 0 Å². The van der Waals surface area contributed by atoms with Crippen molar-refractivity contribution < 1.29 is 9.59 Å². The molecule has 0 heterocycles. The number of amides is 2. The van der Waals surface area contributed by atoms with Crippen LogP contribution in [0.15, 0.2) is 0 Å². The lowest BCUT2D eigenvalue weighted by Crippen LogP contribution is -2.59. The van der Waals surface area contributed by atoms with Crippen LogP contribution >= 0.6 is 0 Å². The molecule has 0 saturated heterocycles. The zero-order valence-electron chi connectivity index (χ0n) is 11.5. The van der Waals surface area contributed by atoms with Crippen LogP contribution in [0.25, 0.3) is 0 Å². The van der Waals surface area contributed by atoms with Crippen molar-refractivity contribution in [3.63, 3.8) is 0 Å². The quantitative estimate of drug-likeness (QED) is 0.677. The van der Waals surface area contributed by atoms with E-state index in [0.29, 0.717) is 13.1 Å². The molecule has 0 radical (unpaired) electrons. The molecule has 5 heteroatoms. The molecule has 0 aliphatic rings. The molecule has 0 aliphatic heterocycles. The standard InChI is InChI=1S/C12H25N3O2/c1-6-15(7-2)10(16)8-14-12(5,9(3)4)11(13)17/h9,14H,6-8H2,1-5H3,(H2,13,17). The van der Waals surface area contributed by atoms with Gasteiger partial charge in [-0.3, -0.25) is 14.9 Å². The highest BCUT2D eigenvalue weighted by atomic mass is 16.2. The summed E-state index contributed by atoms with van der Waals surface area (Å²) in [5.74, 6) is -0.410. The Balaban J connectivity index is 4.53. The zero-order chi connectivity index (χ0) is 13.6. The van der Waals surface area contributed by atoms with Gasteiger partial charge in [0.2, 0.25) is 11.8 Å². The van der Waals surface area contributed by atoms with E-state index in [9.17, 15) is 9.59 Å². The monoisotopic (exact) mass is 243 g/mol. The van der Waals surface area contributed by atoms with Crippen LogP contribution in [0.3, 0.4) is 0 Å². The summed E-state index contributed by atoms with van der Waals surface area (Å²) in [4.78, 5) is 24.9. The SMILES string of the molecule is CCN(CC)C(=O)CNC(C)(C(N)=O)C(C)C. The van der Waals surface area contributed by atoms with Gasteiger partial charge in [0, 0.05) is 13.1 Å². The fourth-order valence-electron chi connectivity index (χ4n) is 1.52. The molecule has 0 bridgehead atoms. The Morgan fingerprint density at radius 2 is 1.76 bits per heavy atom. The van der Waals surface area contributed by atoms with Crippen LogP contribution in [0.2, 0.25) is 0 Å². The van der Waals surface area contributed by atoms with Gasteiger partial charge in [-0.05, 0) is 26.7 Å². The second-order valence-corrected chi connectivity index (χ2v) is 4.64. The number of nitrogens with zero attached hydrogens (tertiary/aromatic N) is 1. The predicted octanol–water partition coefficient (Wildman–Crippen LogP) is 0.344. The largest absolute Gasteiger partial charge is 0.368 e. The van der Waals surface area contributed by atoms with E-state index in [1.807, 2.05) is 27.7 Å². The molecule has 0 saturated carbocycles. The van der Waals surface area contributed by atoms with Gasteiger partial charge in [0.1, 0.15) is 0 Å². The Labute approximate surface area is 104 Å². The third kappa shape index (κ3) is 4.00. The van der Waals surface area contributed by atoms with Gasteiger partial charge in [-0.2, -0.15) is 0 Å². The van der Waals surface area contributed by atoms with Crippen molar-refractivity contribution in [2.45, 2.75) is 40.2 Å². The molecule has 1 unspecified atom stereocenters. The summed E-state index contributed by atoms with van der Waals surface area (Å²) in [5, 5.41) is 2.98. The van der Waals surface area contributed by atoms with Crippen LogP contribution in [-0.2, 0) is 9.59 Å². The van der Waals surface area contributed by atoms with Gasteiger partial charge in [-0.1, -0.05) is 13.8 Å². The number of nitrogens with one attached hydrogen (secondary N) is 1. The van der Waals surface area contributed by atoms with Crippen LogP contribution in [0, 0.1) is 5.92 Å². The van der Waals surface area contributed by atoms with Crippen molar-refractivity contribution in [1.82, 2.24) is 10.2 Å². The van der Waals surface area contributed by atoms with Crippen LogP contribution in [0.4, 0.5) is 0 Å². The number of rotatable bonds is 7. The molecule has 0 aromatic heterocycles. The topological polar surface area (TPSA) is 75.4 Å². The highest BCUT2D eigenvalue weighted by molar-refractivity contribution is 5.86. The van der Waals surface area contributed by atoms with E-state index < -0.39 is 11.4 Å². The number of carbonyl (C=O) groups is 2. The summed E-state index contributed by atoms with van der Waals surface area (Å²) in [6, 6.07) is 0. The van der Waals surface area contributed by atoms with E-state index in [-0.39, 0.29) is 18.4 Å². The van der Waals surface area contributed by atoms with Gasteiger partial charge >= 0.3 is 0 Å². The fraction of sp³-hybridized carbons (Fsp3) is 0.833. The summed E-state index contributed by atoms with van der Waals surface area (Å²) in [6.07, 6.45) is 0. The minimum Gasteiger partial charge on any atom is -0.368 e. The third-order valence-corrected chi connectivity index (χ3v) is 3.39. The van der Waals surface area contributed by atoms with E-state index in [1.54, 1.807) is 11.8 Å². The zero-order valence-corrected chi connectivity index (χ0v) is 11.5. The molecule has 100 valence electrons. The Kier molecular flexibility index (Phi) is 6.16. The molecule has 0 aromatic rings. The van der Waals surface area contributed by atoms with Crippen molar-refractivity contribution in [2.24, 2.45) is 11.7 Å². The molecule has 17 heavy (non-hydrogen) atoms. The lowest BCUT2D eigenvalue weighted by atomic mass is 9.87. The van der Waals surface area contributed by atoms with Crippen LogP contribution in [0.1, 0.15) is 34.6 Å².